The Labute approximate surface area is 131 Å². The van der Waals surface area contributed by atoms with Crippen molar-refractivity contribution in [2.24, 2.45) is 5.73 Å². The zero-order valence-corrected chi connectivity index (χ0v) is 13.5. The summed E-state index contributed by atoms with van der Waals surface area (Å²) in [7, 11) is 0. The minimum Gasteiger partial charge on any atom is -0.396 e. The molecule has 0 heterocycles. The van der Waals surface area contributed by atoms with Gasteiger partial charge >= 0.3 is 0 Å². The number of nitrogens with one attached hydrogen (secondary N) is 1. The first kappa shape index (κ1) is 18.0. The number of aliphatic hydroxyl groups excluding tert-OH is 1. The van der Waals surface area contributed by atoms with Crippen LogP contribution in [-0.2, 0) is 10.3 Å². The third-order valence-electron chi connectivity index (χ3n) is 3.43. The van der Waals surface area contributed by atoms with E-state index in [9.17, 15) is 4.79 Å². The molecule has 1 amide bonds. The van der Waals surface area contributed by atoms with E-state index in [0.29, 0.717) is 6.42 Å². The lowest BCUT2D eigenvalue weighted by atomic mass is 9.86. The normalized spacial score (nSPS) is 13.8. The van der Waals surface area contributed by atoms with Crippen molar-refractivity contribution in [3.05, 3.63) is 35.9 Å². The van der Waals surface area contributed by atoms with E-state index < -0.39 is 5.54 Å². The minimum atomic E-state index is -0.802. The van der Waals surface area contributed by atoms with E-state index in [0.717, 1.165) is 36.5 Å². The van der Waals surface area contributed by atoms with Crippen molar-refractivity contribution in [3.8, 4) is 0 Å². The third-order valence-corrected chi connectivity index (χ3v) is 4.50. The average Bonchev–Trinajstić information content (AvgIpc) is 2.51. The molecule has 0 aromatic heterocycles. The highest BCUT2D eigenvalue weighted by Crippen LogP contribution is 2.27. The lowest BCUT2D eigenvalue weighted by Gasteiger charge is -2.32. The maximum Gasteiger partial charge on any atom is 0.242 e. The van der Waals surface area contributed by atoms with Crippen LogP contribution in [0.25, 0.3) is 0 Å². The number of hydrogen-bond acceptors (Lipinski definition) is 4. The van der Waals surface area contributed by atoms with Crippen molar-refractivity contribution in [2.75, 3.05) is 24.7 Å². The van der Waals surface area contributed by atoms with Gasteiger partial charge in [0.2, 0.25) is 5.91 Å². The first-order valence-corrected chi connectivity index (χ1v) is 8.62. The van der Waals surface area contributed by atoms with E-state index in [1.54, 1.807) is 11.8 Å². The van der Waals surface area contributed by atoms with Gasteiger partial charge in [0.1, 0.15) is 5.54 Å². The summed E-state index contributed by atoms with van der Waals surface area (Å²) in [6.45, 7) is 3.03. The second kappa shape index (κ2) is 9.82. The molecule has 21 heavy (non-hydrogen) atoms. The number of thioether (sulfide) groups is 1. The van der Waals surface area contributed by atoms with E-state index in [4.69, 9.17) is 10.8 Å². The van der Waals surface area contributed by atoms with Gasteiger partial charge < -0.3 is 10.8 Å². The number of primary amides is 1. The van der Waals surface area contributed by atoms with E-state index in [-0.39, 0.29) is 12.5 Å². The summed E-state index contributed by atoms with van der Waals surface area (Å²) in [5.41, 5.74) is 5.86. The molecule has 1 aromatic rings. The zero-order chi connectivity index (χ0) is 15.6. The summed E-state index contributed by atoms with van der Waals surface area (Å²) in [6, 6.07) is 9.70. The topological polar surface area (TPSA) is 75.3 Å². The molecule has 4 nitrogen and oxygen atoms in total. The first-order valence-electron chi connectivity index (χ1n) is 7.46. The third kappa shape index (κ3) is 5.34. The van der Waals surface area contributed by atoms with Gasteiger partial charge in [0.15, 0.2) is 0 Å². The molecule has 0 aliphatic rings. The standard InChI is InChI=1S/C16H26N2O2S/c1-2-10-18-16(15(17)20,9-13-21-12-6-11-19)14-7-4-3-5-8-14/h3-5,7-8,18-19H,2,6,9-13H2,1H3,(H2,17,20). The molecule has 0 spiro atoms. The zero-order valence-electron chi connectivity index (χ0n) is 12.7. The van der Waals surface area contributed by atoms with Crippen molar-refractivity contribution < 1.29 is 9.90 Å². The molecule has 0 aliphatic heterocycles. The SMILES string of the molecule is CCCNC(CCSCCCO)(C(N)=O)c1ccccc1. The van der Waals surface area contributed by atoms with Crippen LogP contribution in [0.4, 0.5) is 0 Å². The van der Waals surface area contributed by atoms with Gasteiger partial charge in [-0.3, -0.25) is 10.1 Å². The predicted octanol–water partition coefficient (Wildman–Crippen LogP) is 1.87. The molecule has 0 saturated carbocycles. The van der Waals surface area contributed by atoms with Crippen LogP contribution in [-0.4, -0.2) is 35.7 Å². The molecule has 1 atom stereocenters. The average molecular weight is 310 g/mol. The van der Waals surface area contributed by atoms with Crippen molar-refractivity contribution >= 4 is 17.7 Å². The van der Waals surface area contributed by atoms with Crippen LogP contribution in [0.3, 0.4) is 0 Å². The first-order chi connectivity index (χ1) is 10.2. The largest absolute Gasteiger partial charge is 0.396 e. The quantitative estimate of drug-likeness (QED) is 0.546. The maximum absolute atomic E-state index is 12.2. The fourth-order valence-corrected chi connectivity index (χ4v) is 3.23. The van der Waals surface area contributed by atoms with Crippen molar-refractivity contribution in [1.29, 1.82) is 0 Å². The number of hydrogen-bond donors (Lipinski definition) is 3. The highest BCUT2D eigenvalue weighted by molar-refractivity contribution is 7.99. The fourth-order valence-electron chi connectivity index (χ4n) is 2.24. The second-order valence-corrected chi connectivity index (χ2v) is 6.23. The van der Waals surface area contributed by atoms with Crippen molar-refractivity contribution in [3.63, 3.8) is 0 Å². The number of nitrogens with two attached hydrogens (primary N) is 1. The Morgan fingerprint density at radius 1 is 1.33 bits per heavy atom. The van der Waals surface area contributed by atoms with Crippen LogP contribution in [0.2, 0.25) is 0 Å². The van der Waals surface area contributed by atoms with Crippen LogP contribution >= 0.6 is 11.8 Å². The molecule has 1 rings (SSSR count). The molecule has 0 bridgehead atoms. The van der Waals surface area contributed by atoms with Crippen LogP contribution in [0.5, 0.6) is 0 Å². The van der Waals surface area contributed by atoms with Crippen molar-refractivity contribution in [2.45, 2.75) is 31.7 Å². The maximum atomic E-state index is 12.2. The van der Waals surface area contributed by atoms with Crippen LogP contribution in [0, 0.1) is 0 Å². The monoisotopic (exact) mass is 310 g/mol. The van der Waals surface area contributed by atoms with E-state index >= 15 is 0 Å². The number of rotatable bonds is 11. The summed E-state index contributed by atoms with van der Waals surface area (Å²) in [5.74, 6) is 1.40. The molecular weight excluding hydrogens is 284 g/mol. The van der Waals surface area contributed by atoms with Gasteiger partial charge in [0, 0.05) is 6.61 Å². The van der Waals surface area contributed by atoms with Crippen LogP contribution in [0.1, 0.15) is 31.7 Å². The Balaban J connectivity index is 2.83. The molecule has 1 unspecified atom stereocenters. The van der Waals surface area contributed by atoms with Gasteiger partial charge in [-0.1, -0.05) is 37.3 Å². The van der Waals surface area contributed by atoms with Crippen LogP contribution < -0.4 is 11.1 Å². The van der Waals surface area contributed by atoms with Gasteiger partial charge in [-0.15, -0.1) is 0 Å². The molecule has 0 fully saturated rings. The Morgan fingerprint density at radius 3 is 2.62 bits per heavy atom. The smallest absolute Gasteiger partial charge is 0.242 e. The molecular formula is C16H26N2O2S. The van der Waals surface area contributed by atoms with Gasteiger partial charge in [-0.05, 0) is 42.9 Å². The summed E-state index contributed by atoms with van der Waals surface area (Å²) in [6.07, 6.45) is 2.38. The van der Waals surface area contributed by atoms with Gasteiger partial charge in [-0.2, -0.15) is 11.8 Å². The molecule has 5 heteroatoms. The van der Waals surface area contributed by atoms with Crippen molar-refractivity contribution in [1.82, 2.24) is 5.32 Å². The summed E-state index contributed by atoms with van der Waals surface area (Å²) < 4.78 is 0. The molecule has 4 N–H and O–H groups in total. The molecule has 1 aromatic carbocycles. The number of carbonyl (C=O) groups is 1. The fraction of sp³-hybridized carbons (Fsp3) is 0.562. The number of carbonyl (C=O) groups excluding carboxylic acids is 1. The minimum absolute atomic E-state index is 0.209. The van der Waals surface area contributed by atoms with Gasteiger partial charge in [0.25, 0.3) is 0 Å². The lowest BCUT2D eigenvalue weighted by molar-refractivity contribution is -0.125. The summed E-state index contributed by atoms with van der Waals surface area (Å²) in [4.78, 5) is 12.2. The van der Waals surface area contributed by atoms with Crippen LogP contribution in [0.15, 0.2) is 30.3 Å². The Kier molecular flexibility index (Phi) is 8.42. The predicted molar refractivity (Wildman–Crippen MR) is 89.3 cm³/mol. The summed E-state index contributed by atoms with van der Waals surface area (Å²) >= 11 is 1.74. The number of aliphatic hydroxyl groups is 1. The molecule has 0 saturated heterocycles. The summed E-state index contributed by atoms with van der Waals surface area (Å²) in [5, 5.41) is 12.2. The van der Waals surface area contributed by atoms with E-state index in [1.165, 1.54) is 0 Å². The van der Waals surface area contributed by atoms with E-state index in [2.05, 4.69) is 12.2 Å². The Bertz CT molecular complexity index is 414. The Hall–Kier alpha value is -1.04. The van der Waals surface area contributed by atoms with Gasteiger partial charge in [-0.25, -0.2) is 0 Å². The Morgan fingerprint density at radius 2 is 2.05 bits per heavy atom. The number of amides is 1. The second-order valence-electron chi connectivity index (χ2n) is 5.00. The van der Waals surface area contributed by atoms with Gasteiger partial charge in [0.05, 0.1) is 0 Å². The number of benzene rings is 1. The molecule has 0 aliphatic carbocycles. The molecule has 118 valence electrons. The highest BCUT2D eigenvalue weighted by Gasteiger charge is 2.37. The lowest BCUT2D eigenvalue weighted by Crippen LogP contribution is -2.53. The highest BCUT2D eigenvalue weighted by atomic mass is 32.2. The molecule has 0 radical (unpaired) electrons. The van der Waals surface area contributed by atoms with E-state index in [1.807, 2.05) is 30.3 Å².